The van der Waals surface area contributed by atoms with E-state index in [2.05, 4.69) is 0 Å². The topological polar surface area (TPSA) is 53.7 Å². The molecule has 17 heavy (non-hydrogen) atoms. The number of rotatable bonds is 7. The lowest BCUT2D eigenvalue weighted by Crippen LogP contribution is -2.17. The quantitative estimate of drug-likeness (QED) is 0.785. The lowest BCUT2D eigenvalue weighted by atomic mass is 10.1. The van der Waals surface area contributed by atoms with Crippen molar-refractivity contribution in [3.63, 3.8) is 0 Å². The summed E-state index contributed by atoms with van der Waals surface area (Å²) in [5.74, 6) is 1.50. The maximum Gasteiger partial charge on any atom is 0.164 e. The van der Waals surface area contributed by atoms with E-state index >= 15 is 0 Å². The lowest BCUT2D eigenvalue weighted by Gasteiger charge is -2.17. The van der Waals surface area contributed by atoms with Crippen molar-refractivity contribution in [3.8, 4) is 11.5 Å². The van der Waals surface area contributed by atoms with Crippen LogP contribution >= 0.6 is 0 Å². The van der Waals surface area contributed by atoms with Crippen LogP contribution in [0.3, 0.4) is 0 Å². The van der Waals surface area contributed by atoms with Crippen molar-refractivity contribution in [1.82, 2.24) is 0 Å². The highest BCUT2D eigenvalue weighted by Gasteiger charge is 2.11. The molecule has 0 spiro atoms. The Morgan fingerprint density at radius 2 is 2.06 bits per heavy atom. The average molecular weight is 239 g/mol. The maximum absolute atomic E-state index is 5.76. The lowest BCUT2D eigenvalue weighted by molar-refractivity contribution is 0.0702. The molecule has 0 saturated carbocycles. The van der Waals surface area contributed by atoms with E-state index in [0.29, 0.717) is 13.2 Å². The smallest absolute Gasteiger partial charge is 0.164 e. The highest BCUT2D eigenvalue weighted by molar-refractivity contribution is 5.46. The molecule has 1 rings (SSSR count). The summed E-state index contributed by atoms with van der Waals surface area (Å²) in [5.41, 5.74) is 6.65. The van der Waals surface area contributed by atoms with Gasteiger partial charge in [0.15, 0.2) is 11.5 Å². The third-order valence-corrected chi connectivity index (χ3v) is 2.56. The van der Waals surface area contributed by atoms with Crippen molar-refractivity contribution >= 4 is 0 Å². The first-order chi connectivity index (χ1) is 8.22. The zero-order valence-electron chi connectivity index (χ0n) is 10.7. The van der Waals surface area contributed by atoms with Gasteiger partial charge in [-0.3, -0.25) is 0 Å². The Balaban J connectivity index is 2.84. The summed E-state index contributed by atoms with van der Waals surface area (Å²) in [4.78, 5) is 0. The summed E-state index contributed by atoms with van der Waals surface area (Å²) in [5, 5.41) is 0. The minimum absolute atomic E-state index is 0.0469. The molecule has 0 heterocycles. The minimum atomic E-state index is 0.0469. The number of hydrogen-bond donors (Lipinski definition) is 1. The zero-order chi connectivity index (χ0) is 12.7. The number of hydrogen-bond acceptors (Lipinski definition) is 4. The predicted molar refractivity (Wildman–Crippen MR) is 67.7 cm³/mol. The van der Waals surface area contributed by atoms with Crippen molar-refractivity contribution in [3.05, 3.63) is 23.8 Å². The normalized spacial score (nSPS) is 12.2. The van der Waals surface area contributed by atoms with Crippen LogP contribution in [0.2, 0.25) is 0 Å². The number of benzene rings is 1. The molecule has 2 N–H and O–H groups in total. The molecule has 1 unspecified atom stereocenters. The van der Waals surface area contributed by atoms with Crippen molar-refractivity contribution < 1.29 is 14.2 Å². The average Bonchev–Trinajstić information content (AvgIpc) is 2.36. The Morgan fingerprint density at radius 3 is 2.65 bits per heavy atom. The van der Waals surface area contributed by atoms with Crippen LogP contribution < -0.4 is 15.2 Å². The van der Waals surface area contributed by atoms with E-state index in [1.54, 1.807) is 14.2 Å². The van der Waals surface area contributed by atoms with Gasteiger partial charge >= 0.3 is 0 Å². The highest BCUT2D eigenvalue weighted by atomic mass is 16.5. The Labute approximate surface area is 103 Å². The van der Waals surface area contributed by atoms with E-state index in [4.69, 9.17) is 19.9 Å². The van der Waals surface area contributed by atoms with Crippen LogP contribution in [0.1, 0.15) is 12.5 Å². The van der Waals surface area contributed by atoms with Gasteiger partial charge in [0, 0.05) is 7.11 Å². The van der Waals surface area contributed by atoms with Gasteiger partial charge in [0.05, 0.1) is 13.2 Å². The molecular weight excluding hydrogens is 218 g/mol. The first-order valence-corrected chi connectivity index (χ1v) is 5.74. The Bertz CT molecular complexity index is 341. The van der Waals surface area contributed by atoms with Gasteiger partial charge in [-0.2, -0.15) is 0 Å². The van der Waals surface area contributed by atoms with E-state index in [-0.39, 0.29) is 6.10 Å². The summed E-state index contributed by atoms with van der Waals surface area (Å²) in [6.07, 6.45) is 0.819. The number of para-hydroxylation sites is 1. The van der Waals surface area contributed by atoms with Gasteiger partial charge in [-0.15, -0.1) is 0 Å². The summed E-state index contributed by atoms with van der Waals surface area (Å²) < 4.78 is 16.2. The first kappa shape index (κ1) is 13.8. The SMILES string of the molecule is COc1cccc(CCN)c1OCC(C)OC. The van der Waals surface area contributed by atoms with Gasteiger partial charge in [-0.1, -0.05) is 12.1 Å². The van der Waals surface area contributed by atoms with Crippen molar-refractivity contribution in [1.29, 1.82) is 0 Å². The van der Waals surface area contributed by atoms with Gasteiger partial charge in [0.1, 0.15) is 6.61 Å². The van der Waals surface area contributed by atoms with Crippen LogP contribution in [0.25, 0.3) is 0 Å². The third kappa shape index (κ3) is 3.91. The third-order valence-electron chi connectivity index (χ3n) is 2.56. The van der Waals surface area contributed by atoms with E-state index in [1.807, 2.05) is 25.1 Å². The van der Waals surface area contributed by atoms with Crippen LogP contribution in [-0.4, -0.2) is 33.5 Å². The molecule has 0 radical (unpaired) electrons. The molecule has 0 amide bonds. The standard InChI is InChI=1S/C13H21NO3/c1-10(15-2)9-17-13-11(7-8-14)5-4-6-12(13)16-3/h4-6,10H,7-9,14H2,1-3H3. The molecule has 4 heteroatoms. The molecule has 0 aliphatic heterocycles. The molecule has 1 aromatic carbocycles. The largest absolute Gasteiger partial charge is 0.493 e. The Kier molecular flexibility index (Phi) is 5.80. The molecule has 0 fully saturated rings. The van der Waals surface area contributed by atoms with Gasteiger partial charge in [0.2, 0.25) is 0 Å². The zero-order valence-corrected chi connectivity index (χ0v) is 10.7. The summed E-state index contributed by atoms with van der Waals surface area (Å²) in [6.45, 7) is 3.04. The highest BCUT2D eigenvalue weighted by Crippen LogP contribution is 2.31. The van der Waals surface area contributed by atoms with Crippen LogP contribution in [0.5, 0.6) is 11.5 Å². The second-order valence-electron chi connectivity index (χ2n) is 3.84. The molecule has 0 bridgehead atoms. The fraction of sp³-hybridized carbons (Fsp3) is 0.538. The summed E-state index contributed by atoms with van der Waals surface area (Å²) >= 11 is 0. The van der Waals surface area contributed by atoms with Crippen LogP contribution in [0.15, 0.2) is 18.2 Å². The minimum Gasteiger partial charge on any atom is -0.493 e. The van der Waals surface area contributed by atoms with Crippen molar-refractivity contribution in [2.24, 2.45) is 5.73 Å². The van der Waals surface area contributed by atoms with Crippen LogP contribution in [0.4, 0.5) is 0 Å². The fourth-order valence-electron chi connectivity index (χ4n) is 1.51. The van der Waals surface area contributed by atoms with Gasteiger partial charge < -0.3 is 19.9 Å². The molecule has 4 nitrogen and oxygen atoms in total. The molecule has 96 valence electrons. The number of nitrogens with two attached hydrogens (primary N) is 1. The van der Waals surface area contributed by atoms with E-state index in [9.17, 15) is 0 Å². The van der Waals surface area contributed by atoms with Gasteiger partial charge in [-0.05, 0) is 31.5 Å². The summed E-state index contributed by atoms with van der Waals surface area (Å²) in [6, 6.07) is 5.82. The van der Waals surface area contributed by atoms with Crippen LogP contribution in [0, 0.1) is 0 Å². The van der Waals surface area contributed by atoms with E-state index < -0.39 is 0 Å². The van der Waals surface area contributed by atoms with E-state index in [0.717, 1.165) is 23.5 Å². The van der Waals surface area contributed by atoms with Crippen LogP contribution in [-0.2, 0) is 11.2 Å². The van der Waals surface area contributed by atoms with E-state index in [1.165, 1.54) is 0 Å². The molecular formula is C13H21NO3. The second-order valence-corrected chi connectivity index (χ2v) is 3.84. The molecule has 0 aliphatic rings. The molecule has 0 aromatic heterocycles. The summed E-state index contributed by atoms with van der Waals surface area (Å²) in [7, 11) is 3.30. The van der Waals surface area contributed by atoms with Crippen molar-refractivity contribution in [2.75, 3.05) is 27.4 Å². The van der Waals surface area contributed by atoms with Gasteiger partial charge in [0.25, 0.3) is 0 Å². The fourth-order valence-corrected chi connectivity index (χ4v) is 1.51. The molecule has 0 aliphatic carbocycles. The molecule has 0 saturated heterocycles. The Hall–Kier alpha value is -1.26. The Morgan fingerprint density at radius 1 is 1.29 bits per heavy atom. The molecule has 1 aromatic rings. The number of methoxy groups -OCH3 is 2. The maximum atomic E-state index is 5.76. The second kappa shape index (κ2) is 7.14. The predicted octanol–water partition coefficient (Wildman–Crippen LogP) is 1.61. The molecule has 1 atom stereocenters. The number of ether oxygens (including phenoxy) is 3. The monoisotopic (exact) mass is 239 g/mol. The first-order valence-electron chi connectivity index (χ1n) is 5.74. The van der Waals surface area contributed by atoms with Gasteiger partial charge in [-0.25, -0.2) is 0 Å². The van der Waals surface area contributed by atoms with Crippen molar-refractivity contribution in [2.45, 2.75) is 19.4 Å².